The first kappa shape index (κ1) is 20.6. The highest BCUT2D eigenvalue weighted by atomic mass is 32.2. The van der Waals surface area contributed by atoms with Crippen molar-refractivity contribution in [3.05, 3.63) is 64.4 Å². The third kappa shape index (κ3) is 4.48. The molecule has 0 aliphatic rings. The molecule has 29 heavy (non-hydrogen) atoms. The van der Waals surface area contributed by atoms with Crippen molar-refractivity contribution in [3.8, 4) is 5.69 Å². The smallest absolute Gasteiger partial charge is 0.321 e. The number of fused-ring (bicyclic) bond motifs is 1. The number of aromatic nitrogens is 2. The summed E-state index contributed by atoms with van der Waals surface area (Å²) >= 11 is 1.11. The van der Waals surface area contributed by atoms with E-state index in [1.807, 2.05) is 30.3 Å². The van der Waals surface area contributed by atoms with E-state index in [-0.39, 0.29) is 17.2 Å². The summed E-state index contributed by atoms with van der Waals surface area (Å²) in [7, 11) is 1.43. The molecule has 0 bridgehead atoms. The van der Waals surface area contributed by atoms with Gasteiger partial charge >= 0.3 is 6.03 Å². The molecule has 0 unspecified atom stereocenters. The van der Waals surface area contributed by atoms with Gasteiger partial charge in [-0.1, -0.05) is 55.9 Å². The lowest BCUT2D eigenvalue weighted by atomic mass is 10.0. The highest BCUT2D eigenvalue weighted by molar-refractivity contribution is 7.99. The van der Waals surface area contributed by atoms with Crippen molar-refractivity contribution in [2.75, 3.05) is 12.8 Å². The van der Waals surface area contributed by atoms with Crippen LogP contribution in [0.15, 0.2) is 58.5 Å². The Hall–Kier alpha value is -3.13. The van der Waals surface area contributed by atoms with Crippen molar-refractivity contribution in [1.82, 2.24) is 20.2 Å². The van der Waals surface area contributed by atoms with Gasteiger partial charge in [0.1, 0.15) is 0 Å². The predicted molar refractivity (Wildman–Crippen MR) is 115 cm³/mol. The minimum Gasteiger partial charge on any atom is -0.341 e. The molecular formula is C21H22N4O3S. The maximum atomic E-state index is 13.3. The zero-order valence-electron chi connectivity index (χ0n) is 16.4. The standard InChI is InChI=1S/C21H22N4O3S/c1-13(2)14-8-5-7-11-17(14)25-19(27)15-9-4-6-10-16(15)23-21(25)29-12-18(26)24-20(28)22-3/h4-11,13H,12H2,1-3H3,(H2,22,24,26,28). The highest BCUT2D eigenvalue weighted by Gasteiger charge is 2.18. The normalized spacial score (nSPS) is 10.9. The monoisotopic (exact) mass is 410 g/mol. The highest BCUT2D eigenvalue weighted by Crippen LogP contribution is 2.26. The number of imide groups is 1. The number of carbonyl (C=O) groups excluding carboxylic acids is 2. The number of amides is 3. The molecule has 3 aromatic rings. The molecule has 3 rings (SSSR count). The average Bonchev–Trinajstić information content (AvgIpc) is 2.72. The van der Waals surface area contributed by atoms with Crippen LogP contribution in [0.3, 0.4) is 0 Å². The van der Waals surface area contributed by atoms with Gasteiger partial charge in [-0.2, -0.15) is 0 Å². The molecular weight excluding hydrogens is 388 g/mol. The number of hydrogen-bond donors (Lipinski definition) is 2. The van der Waals surface area contributed by atoms with E-state index in [0.717, 1.165) is 23.0 Å². The van der Waals surface area contributed by atoms with Crippen molar-refractivity contribution in [2.24, 2.45) is 0 Å². The number of carbonyl (C=O) groups is 2. The predicted octanol–water partition coefficient (Wildman–Crippen LogP) is 3.06. The second-order valence-electron chi connectivity index (χ2n) is 6.68. The zero-order valence-corrected chi connectivity index (χ0v) is 17.2. The molecule has 0 spiro atoms. The molecule has 0 atom stereocenters. The molecule has 0 saturated carbocycles. The van der Waals surface area contributed by atoms with Crippen LogP contribution in [0, 0.1) is 0 Å². The number of thioether (sulfide) groups is 1. The van der Waals surface area contributed by atoms with Gasteiger partial charge in [0.05, 0.1) is 22.3 Å². The molecule has 0 saturated heterocycles. The zero-order chi connectivity index (χ0) is 21.0. The van der Waals surface area contributed by atoms with E-state index in [1.165, 1.54) is 7.05 Å². The lowest BCUT2D eigenvalue weighted by Crippen LogP contribution is -2.38. The fraction of sp³-hybridized carbons (Fsp3) is 0.238. The Labute approximate surface area is 172 Å². The van der Waals surface area contributed by atoms with Gasteiger partial charge in [-0.05, 0) is 29.7 Å². The Morgan fingerprint density at radius 1 is 1.10 bits per heavy atom. The number of rotatable bonds is 5. The van der Waals surface area contributed by atoms with Crippen LogP contribution < -0.4 is 16.2 Å². The van der Waals surface area contributed by atoms with Crippen LogP contribution in [0.5, 0.6) is 0 Å². The number of hydrogen-bond acceptors (Lipinski definition) is 5. The van der Waals surface area contributed by atoms with Crippen LogP contribution in [0.1, 0.15) is 25.3 Å². The van der Waals surface area contributed by atoms with E-state index in [4.69, 9.17) is 0 Å². The second-order valence-corrected chi connectivity index (χ2v) is 7.62. The van der Waals surface area contributed by atoms with Gasteiger partial charge in [0, 0.05) is 7.05 Å². The Balaban J connectivity index is 2.11. The molecule has 7 nitrogen and oxygen atoms in total. The van der Waals surface area contributed by atoms with E-state index in [0.29, 0.717) is 16.1 Å². The maximum Gasteiger partial charge on any atom is 0.321 e. The van der Waals surface area contributed by atoms with E-state index in [9.17, 15) is 14.4 Å². The first-order valence-electron chi connectivity index (χ1n) is 9.17. The fourth-order valence-electron chi connectivity index (χ4n) is 2.96. The summed E-state index contributed by atoms with van der Waals surface area (Å²) < 4.78 is 1.55. The summed E-state index contributed by atoms with van der Waals surface area (Å²) in [5.41, 5.74) is 2.10. The number of nitrogens with zero attached hydrogens (tertiary/aromatic N) is 2. The molecule has 0 aliphatic carbocycles. The van der Waals surface area contributed by atoms with Gasteiger partial charge in [-0.25, -0.2) is 9.78 Å². The minimum atomic E-state index is -0.579. The maximum absolute atomic E-state index is 13.3. The van der Waals surface area contributed by atoms with Crippen molar-refractivity contribution in [2.45, 2.75) is 24.9 Å². The Morgan fingerprint density at radius 3 is 2.52 bits per heavy atom. The molecule has 1 aromatic heterocycles. The number of nitrogens with one attached hydrogen (secondary N) is 2. The first-order valence-corrected chi connectivity index (χ1v) is 10.2. The number of benzene rings is 2. The molecule has 0 fully saturated rings. The summed E-state index contributed by atoms with van der Waals surface area (Å²) in [5, 5.41) is 5.45. The Morgan fingerprint density at radius 2 is 1.79 bits per heavy atom. The van der Waals surface area contributed by atoms with E-state index in [2.05, 4.69) is 29.5 Å². The first-order chi connectivity index (χ1) is 13.9. The summed E-state index contributed by atoms with van der Waals surface area (Å²) in [4.78, 5) is 41.4. The lowest BCUT2D eigenvalue weighted by molar-refractivity contribution is -0.117. The van der Waals surface area contributed by atoms with Gasteiger partial charge in [-0.15, -0.1) is 0 Å². The Kier molecular flexibility index (Phi) is 6.33. The fourth-order valence-corrected chi connectivity index (χ4v) is 3.76. The molecule has 2 N–H and O–H groups in total. The molecule has 8 heteroatoms. The molecule has 150 valence electrons. The third-order valence-corrected chi connectivity index (χ3v) is 5.30. The van der Waals surface area contributed by atoms with Crippen LogP contribution in [0.4, 0.5) is 4.79 Å². The average molecular weight is 410 g/mol. The molecule has 0 radical (unpaired) electrons. The molecule has 2 aromatic carbocycles. The van der Waals surface area contributed by atoms with E-state index >= 15 is 0 Å². The van der Waals surface area contributed by atoms with Gasteiger partial charge < -0.3 is 5.32 Å². The van der Waals surface area contributed by atoms with Crippen molar-refractivity contribution < 1.29 is 9.59 Å². The van der Waals surface area contributed by atoms with Crippen molar-refractivity contribution in [1.29, 1.82) is 0 Å². The van der Waals surface area contributed by atoms with Gasteiger partial charge in [-0.3, -0.25) is 19.5 Å². The summed E-state index contributed by atoms with van der Waals surface area (Å²) in [5.74, 6) is -0.332. The third-order valence-electron chi connectivity index (χ3n) is 4.36. The van der Waals surface area contributed by atoms with Crippen LogP contribution in [0.2, 0.25) is 0 Å². The largest absolute Gasteiger partial charge is 0.341 e. The SMILES string of the molecule is CNC(=O)NC(=O)CSc1nc2ccccc2c(=O)n1-c1ccccc1C(C)C. The lowest BCUT2D eigenvalue weighted by Gasteiger charge is -2.18. The number of urea groups is 1. The minimum absolute atomic E-state index is 0.0535. The quantitative estimate of drug-likeness (QED) is 0.498. The van der Waals surface area contributed by atoms with Gasteiger partial charge in [0.25, 0.3) is 5.56 Å². The van der Waals surface area contributed by atoms with Crippen molar-refractivity contribution in [3.63, 3.8) is 0 Å². The van der Waals surface area contributed by atoms with Crippen LogP contribution in [0.25, 0.3) is 16.6 Å². The molecule has 1 heterocycles. The van der Waals surface area contributed by atoms with Crippen molar-refractivity contribution >= 4 is 34.6 Å². The van der Waals surface area contributed by atoms with Crippen LogP contribution in [-0.2, 0) is 4.79 Å². The summed E-state index contributed by atoms with van der Waals surface area (Å²) in [6, 6.07) is 14.2. The van der Waals surface area contributed by atoms with Gasteiger partial charge in [0.15, 0.2) is 5.16 Å². The van der Waals surface area contributed by atoms with E-state index in [1.54, 1.807) is 22.8 Å². The second kappa shape index (κ2) is 8.91. The van der Waals surface area contributed by atoms with Gasteiger partial charge in [0.2, 0.25) is 5.91 Å². The van der Waals surface area contributed by atoms with Crippen LogP contribution in [-0.4, -0.2) is 34.3 Å². The Bertz CT molecular complexity index is 1120. The number of para-hydroxylation sites is 2. The summed E-state index contributed by atoms with van der Waals surface area (Å²) in [6.07, 6.45) is 0. The topological polar surface area (TPSA) is 93.1 Å². The molecule has 0 aliphatic heterocycles. The van der Waals surface area contributed by atoms with E-state index < -0.39 is 11.9 Å². The summed E-state index contributed by atoms with van der Waals surface area (Å²) in [6.45, 7) is 4.12. The van der Waals surface area contributed by atoms with Crippen LogP contribution >= 0.6 is 11.8 Å². The molecule has 3 amide bonds.